The molecule has 0 atom stereocenters. The van der Waals surface area contributed by atoms with Crippen LogP contribution >= 0.6 is 11.6 Å². The minimum atomic E-state index is -3.86. The molecule has 1 saturated carbocycles. The van der Waals surface area contributed by atoms with Crippen LogP contribution in [0, 0.1) is 5.92 Å². The van der Waals surface area contributed by atoms with Crippen LogP contribution in [-0.2, 0) is 21.4 Å². The van der Waals surface area contributed by atoms with E-state index in [4.69, 9.17) is 16.3 Å². The van der Waals surface area contributed by atoms with Gasteiger partial charge in [0, 0.05) is 23.0 Å². The van der Waals surface area contributed by atoms with Crippen LogP contribution in [0.3, 0.4) is 0 Å². The summed E-state index contributed by atoms with van der Waals surface area (Å²) in [5.74, 6) is 0.407. The van der Waals surface area contributed by atoms with E-state index >= 15 is 0 Å². The van der Waals surface area contributed by atoms with Gasteiger partial charge < -0.3 is 9.64 Å². The number of rotatable bonds is 12. The number of benzene rings is 3. The molecule has 4 rings (SSSR count). The largest absolute Gasteiger partial charge is 0.493 e. The molecule has 0 bridgehead atoms. The van der Waals surface area contributed by atoms with Crippen molar-refractivity contribution in [3.8, 4) is 16.9 Å². The maximum atomic E-state index is 13.7. The average Bonchev–Trinajstić information content (AvgIpc) is 3.76. The summed E-state index contributed by atoms with van der Waals surface area (Å²) in [5, 5.41) is 0.521. The molecule has 0 saturated heterocycles. The van der Waals surface area contributed by atoms with E-state index in [1.807, 2.05) is 44.2 Å². The predicted octanol–water partition coefficient (Wildman–Crippen LogP) is 6.43. The zero-order chi connectivity index (χ0) is 26.4. The predicted molar refractivity (Wildman–Crippen MR) is 149 cm³/mol. The summed E-state index contributed by atoms with van der Waals surface area (Å²) >= 11 is 6.34. The number of nitrogens with zero attached hydrogens (tertiary/aromatic N) is 1. The van der Waals surface area contributed by atoms with Gasteiger partial charge in [-0.1, -0.05) is 61.8 Å². The van der Waals surface area contributed by atoms with E-state index in [0.717, 1.165) is 36.0 Å². The third kappa shape index (κ3) is 6.72. The van der Waals surface area contributed by atoms with Crippen molar-refractivity contribution in [2.24, 2.45) is 5.92 Å². The highest BCUT2D eigenvalue weighted by Crippen LogP contribution is 2.38. The molecule has 0 radical (unpaired) electrons. The van der Waals surface area contributed by atoms with Crippen molar-refractivity contribution in [1.29, 1.82) is 0 Å². The van der Waals surface area contributed by atoms with Gasteiger partial charge in [-0.2, -0.15) is 0 Å². The lowest BCUT2D eigenvalue weighted by atomic mass is 10.0. The number of nitrogens with one attached hydrogen (secondary N) is 1. The van der Waals surface area contributed by atoms with E-state index in [1.54, 1.807) is 41.3 Å². The molecule has 1 aliphatic rings. The minimum absolute atomic E-state index is 0.0766. The Labute approximate surface area is 224 Å². The maximum Gasteiger partial charge on any atom is 0.242 e. The van der Waals surface area contributed by atoms with E-state index in [-0.39, 0.29) is 23.3 Å². The summed E-state index contributed by atoms with van der Waals surface area (Å²) in [6, 6.07) is 20.2. The number of amides is 1. The Balaban J connectivity index is 1.86. The van der Waals surface area contributed by atoms with Gasteiger partial charge >= 0.3 is 0 Å². The molecule has 1 N–H and O–H groups in total. The van der Waals surface area contributed by atoms with Crippen LogP contribution in [0.1, 0.15) is 45.1 Å². The van der Waals surface area contributed by atoms with Crippen LogP contribution < -0.4 is 14.4 Å². The molecule has 0 unspecified atom stereocenters. The third-order valence-electron chi connectivity index (χ3n) is 6.19. The first-order chi connectivity index (χ1) is 17.8. The van der Waals surface area contributed by atoms with Crippen molar-refractivity contribution in [3.63, 3.8) is 0 Å². The number of sulfonamides is 1. The second-order valence-electron chi connectivity index (χ2n) is 9.25. The Bertz CT molecular complexity index is 1340. The lowest BCUT2D eigenvalue weighted by Gasteiger charge is -2.27. The summed E-state index contributed by atoms with van der Waals surface area (Å²) in [6.07, 6.45) is 3.07. The molecular formula is C29H33ClN2O4S. The average molecular weight is 541 g/mol. The first kappa shape index (κ1) is 27.2. The second kappa shape index (κ2) is 12.1. The summed E-state index contributed by atoms with van der Waals surface area (Å²) in [4.78, 5) is 15.4. The monoisotopic (exact) mass is 540 g/mol. The molecule has 0 heterocycles. The van der Waals surface area contributed by atoms with Crippen molar-refractivity contribution in [2.45, 2.75) is 51.0 Å². The van der Waals surface area contributed by atoms with E-state index in [9.17, 15) is 13.2 Å². The number of carbonyl (C=O) groups is 1. The molecule has 0 aliphatic heterocycles. The Morgan fingerprint density at radius 3 is 2.43 bits per heavy atom. The molecule has 8 heteroatoms. The molecule has 1 aliphatic carbocycles. The van der Waals surface area contributed by atoms with Gasteiger partial charge in [-0.3, -0.25) is 4.79 Å². The molecule has 1 fully saturated rings. The fraction of sp³-hybridized carbons (Fsp3) is 0.345. The van der Waals surface area contributed by atoms with Gasteiger partial charge in [0.2, 0.25) is 15.9 Å². The Morgan fingerprint density at radius 2 is 1.76 bits per heavy atom. The third-order valence-corrected chi connectivity index (χ3v) is 7.94. The fourth-order valence-electron chi connectivity index (χ4n) is 4.11. The first-order valence-corrected chi connectivity index (χ1v) is 14.6. The number of anilines is 1. The van der Waals surface area contributed by atoms with Crippen molar-refractivity contribution < 1.29 is 17.9 Å². The maximum absolute atomic E-state index is 13.7. The highest BCUT2D eigenvalue weighted by molar-refractivity contribution is 7.89. The molecule has 0 aromatic heterocycles. The molecular weight excluding hydrogens is 508 g/mol. The zero-order valence-electron chi connectivity index (χ0n) is 21.2. The van der Waals surface area contributed by atoms with Crippen molar-refractivity contribution in [2.75, 3.05) is 18.1 Å². The highest BCUT2D eigenvalue weighted by Gasteiger charge is 2.36. The number of hydrogen-bond donors (Lipinski definition) is 1. The van der Waals surface area contributed by atoms with Crippen LogP contribution in [0.15, 0.2) is 71.6 Å². The van der Waals surface area contributed by atoms with Crippen LogP contribution in [0.4, 0.5) is 5.69 Å². The molecule has 3 aromatic rings. The molecule has 37 heavy (non-hydrogen) atoms. The van der Waals surface area contributed by atoms with Crippen molar-refractivity contribution in [1.82, 2.24) is 4.72 Å². The standard InChI is InChI=1S/C29H33ClN2O4S/c1-3-16-31-37(34,35)28-15-12-23(21-8-6-5-7-9-21)19-26(28)32(29(33)22-10-11-22)20-24-18-25(30)13-14-27(24)36-17-4-2/h5-9,12-15,18-19,22,31H,3-4,10-11,16-17,20H2,1-2H3. The lowest BCUT2D eigenvalue weighted by molar-refractivity contribution is -0.119. The van der Waals surface area contributed by atoms with Gasteiger partial charge in [0.15, 0.2) is 0 Å². The van der Waals surface area contributed by atoms with Crippen molar-refractivity contribution >= 4 is 33.2 Å². The number of hydrogen-bond acceptors (Lipinski definition) is 4. The quantitative estimate of drug-likeness (QED) is 0.287. The van der Waals surface area contributed by atoms with Crippen LogP contribution in [0.2, 0.25) is 5.02 Å². The van der Waals surface area contributed by atoms with Crippen LogP contribution in [0.5, 0.6) is 5.75 Å². The number of ether oxygens (including phenoxy) is 1. The molecule has 3 aromatic carbocycles. The summed E-state index contributed by atoms with van der Waals surface area (Å²) < 4.78 is 35.4. The van der Waals surface area contributed by atoms with Crippen LogP contribution in [-0.4, -0.2) is 27.5 Å². The van der Waals surface area contributed by atoms with Gasteiger partial charge in [-0.25, -0.2) is 13.1 Å². The van der Waals surface area contributed by atoms with Crippen LogP contribution in [0.25, 0.3) is 11.1 Å². The van der Waals surface area contributed by atoms with Gasteiger partial charge in [0.1, 0.15) is 10.6 Å². The van der Waals surface area contributed by atoms with Gasteiger partial charge in [-0.05, 0) is 67.1 Å². The molecule has 0 spiro atoms. The van der Waals surface area contributed by atoms with Gasteiger partial charge in [0.25, 0.3) is 0 Å². The number of halogens is 1. The van der Waals surface area contributed by atoms with E-state index in [1.165, 1.54) is 0 Å². The zero-order valence-corrected chi connectivity index (χ0v) is 22.8. The van der Waals surface area contributed by atoms with E-state index in [2.05, 4.69) is 4.72 Å². The molecule has 196 valence electrons. The van der Waals surface area contributed by atoms with Crippen molar-refractivity contribution in [3.05, 3.63) is 77.3 Å². The Morgan fingerprint density at radius 1 is 1.00 bits per heavy atom. The van der Waals surface area contributed by atoms with Gasteiger partial charge in [-0.15, -0.1) is 0 Å². The first-order valence-electron chi connectivity index (χ1n) is 12.8. The summed E-state index contributed by atoms with van der Waals surface area (Å²) in [6.45, 7) is 4.90. The van der Waals surface area contributed by atoms with E-state index in [0.29, 0.717) is 36.0 Å². The molecule has 6 nitrogen and oxygen atoms in total. The lowest BCUT2D eigenvalue weighted by Crippen LogP contribution is -2.34. The molecule has 1 amide bonds. The number of carbonyl (C=O) groups excluding carboxylic acids is 1. The second-order valence-corrected chi connectivity index (χ2v) is 11.4. The summed E-state index contributed by atoms with van der Waals surface area (Å²) in [5.41, 5.74) is 2.84. The minimum Gasteiger partial charge on any atom is -0.493 e. The smallest absolute Gasteiger partial charge is 0.242 e. The normalized spacial score (nSPS) is 13.4. The summed E-state index contributed by atoms with van der Waals surface area (Å²) in [7, 11) is -3.86. The highest BCUT2D eigenvalue weighted by atomic mass is 35.5. The Hall–Kier alpha value is -2.87. The SMILES string of the molecule is CCCNS(=O)(=O)c1ccc(-c2ccccc2)cc1N(Cc1cc(Cl)ccc1OCCC)C(=O)C1CC1. The Kier molecular flexibility index (Phi) is 8.90. The fourth-order valence-corrected chi connectivity index (χ4v) is 5.62. The topological polar surface area (TPSA) is 75.7 Å². The van der Waals surface area contributed by atoms with Gasteiger partial charge in [0.05, 0.1) is 18.8 Å². The van der Waals surface area contributed by atoms with E-state index < -0.39 is 10.0 Å².